The Morgan fingerprint density at radius 1 is 1.10 bits per heavy atom. The third-order valence-electron chi connectivity index (χ3n) is 5.39. The number of furan rings is 1. The van der Waals surface area contributed by atoms with Gasteiger partial charge in [-0.25, -0.2) is 4.39 Å². The Hall–Kier alpha value is -3.05. The summed E-state index contributed by atoms with van der Waals surface area (Å²) in [6.45, 7) is 3.67. The molecule has 1 aliphatic heterocycles. The topological polar surface area (TPSA) is 45.5 Å². The van der Waals surface area contributed by atoms with Gasteiger partial charge < -0.3 is 14.6 Å². The van der Waals surface area contributed by atoms with Gasteiger partial charge in [-0.3, -0.25) is 4.79 Å². The number of carbonyl (C=O) groups is 1. The van der Waals surface area contributed by atoms with Crippen LogP contribution in [0.1, 0.15) is 30.6 Å². The minimum absolute atomic E-state index is 0.323. The van der Waals surface area contributed by atoms with Crippen LogP contribution in [0.15, 0.2) is 59.0 Å². The molecule has 2 aromatic carbocycles. The SMILES string of the molecule is Cc1ccc(-c2ccc(/C=C/C(=O)Nc3ccc(N4CCCCC4)c(F)c3)o2)cc1Cl. The van der Waals surface area contributed by atoms with E-state index in [0.717, 1.165) is 37.1 Å². The van der Waals surface area contributed by atoms with Crippen LogP contribution in [0.3, 0.4) is 0 Å². The Balaban J connectivity index is 1.39. The third-order valence-corrected chi connectivity index (χ3v) is 5.80. The molecule has 6 heteroatoms. The molecule has 4 nitrogen and oxygen atoms in total. The number of nitrogens with zero attached hydrogens (tertiary/aromatic N) is 1. The molecule has 1 N–H and O–H groups in total. The van der Waals surface area contributed by atoms with Gasteiger partial charge in [0.15, 0.2) is 0 Å². The highest BCUT2D eigenvalue weighted by molar-refractivity contribution is 6.31. The lowest BCUT2D eigenvalue weighted by Gasteiger charge is -2.29. The van der Waals surface area contributed by atoms with Crippen molar-refractivity contribution in [3.8, 4) is 11.3 Å². The zero-order chi connectivity index (χ0) is 21.8. The summed E-state index contributed by atoms with van der Waals surface area (Å²) in [6.07, 6.45) is 6.28. The summed E-state index contributed by atoms with van der Waals surface area (Å²) >= 11 is 6.18. The monoisotopic (exact) mass is 438 g/mol. The molecular formula is C25H24ClFN2O2. The maximum Gasteiger partial charge on any atom is 0.248 e. The lowest BCUT2D eigenvalue weighted by molar-refractivity contribution is -0.111. The van der Waals surface area contributed by atoms with E-state index in [1.54, 1.807) is 24.3 Å². The number of benzene rings is 2. The van der Waals surface area contributed by atoms with E-state index in [1.807, 2.05) is 31.2 Å². The van der Waals surface area contributed by atoms with E-state index in [-0.39, 0.29) is 11.7 Å². The highest BCUT2D eigenvalue weighted by atomic mass is 35.5. The van der Waals surface area contributed by atoms with Crippen molar-refractivity contribution in [2.45, 2.75) is 26.2 Å². The van der Waals surface area contributed by atoms with E-state index >= 15 is 0 Å². The van der Waals surface area contributed by atoms with Gasteiger partial charge >= 0.3 is 0 Å². The summed E-state index contributed by atoms with van der Waals surface area (Å²) in [6, 6.07) is 14.1. The predicted molar refractivity (Wildman–Crippen MR) is 124 cm³/mol. The molecule has 0 bridgehead atoms. The number of anilines is 2. The maximum absolute atomic E-state index is 14.5. The van der Waals surface area contributed by atoms with Crippen LogP contribution in [0, 0.1) is 12.7 Å². The summed E-state index contributed by atoms with van der Waals surface area (Å²) in [5.41, 5.74) is 2.87. The van der Waals surface area contributed by atoms with E-state index in [4.69, 9.17) is 16.0 Å². The van der Waals surface area contributed by atoms with Crippen LogP contribution < -0.4 is 10.2 Å². The predicted octanol–water partition coefficient (Wildman–Crippen LogP) is 6.69. The third kappa shape index (κ3) is 5.17. The fraction of sp³-hybridized carbons (Fsp3) is 0.240. The van der Waals surface area contributed by atoms with E-state index in [1.165, 1.54) is 18.6 Å². The number of aryl methyl sites for hydroxylation is 1. The zero-order valence-electron chi connectivity index (χ0n) is 17.3. The molecule has 1 saturated heterocycles. The van der Waals surface area contributed by atoms with Gasteiger partial charge in [-0.15, -0.1) is 0 Å². The van der Waals surface area contributed by atoms with Crippen molar-refractivity contribution in [3.05, 3.63) is 76.8 Å². The van der Waals surface area contributed by atoms with E-state index < -0.39 is 0 Å². The molecule has 3 aromatic rings. The van der Waals surface area contributed by atoms with Gasteiger partial charge in [-0.2, -0.15) is 0 Å². The van der Waals surface area contributed by atoms with Gasteiger partial charge in [0.05, 0.1) is 5.69 Å². The van der Waals surface area contributed by atoms with Crippen molar-refractivity contribution >= 4 is 35.0 Å². The maximum atomic E-state index is 14.5. The molecule has 4 rings (SSSR count). The second kappa shape index (κ2) is 9.40. The van der Waals surface area contributed by atoms with E-state index in [2.05, 4.69) is 10.2 Å². The molecule has 1 aliphatic rings. The highest BCUT2D eigenvalue weighted by Gasteiger charge is 2.15. The molecule has 1 fully saturated rings. The van der Waals surface area contributed by atoms with Gasteiger partial charge in [-0.1, -0.05) is 23.7 Å². The van der Waals surface area contributed by atoms with Gasteiger partial charge in [0.2, 0.25) is 5.91 Å². The molecule has 0 aliphatic carbocycles. The van der Waals surface area contributed by atoms with Gasteiger partial charge in [0, 0.05) is 35.4 Å². The molecule has 2 heterocycles. The molecule has 0 unspecified atom stereocenters. The van der Waals surface area contributed by atoms with Crippen LogP contribution >= 0.6 is 11.6 Å². The molecule has 0 spiro atoms. The minimum Gasteiger partial charge on any atom is -0.457 e. The van der Waals surface area contributed by atoms with E-state index in [9.17, 15) is 9.18 Å². The fourth-order valence-electron chi connectivity index (χ4n) is 3.66. The standard InChI is InChI=1S/C25H24ClFN2O2/c1-17-5-6-18(15-21(17)26)24-11-8-20(31-24)9-12-25(30)28-19-7-10-23(22(27)16-19)29-13-3-2-4-14-29/h5-12,15-16H,2-4,13-14H2,1H3,(H,28,30)/b12-9+. The lowest BCUT2D eigenvalue weighted by Crippen LogP contribution is -2.30. The van der Waals surface area contributed by atoms with Crippen LogP contribution in [-0.2, 0) is 4.79 Å². The number of rotatable bonds is 5. The quantitative estimate of drug-likeness (QED) is 0.451. The number of nitrogens with one attached hydrogen (secondary N) is 1. The van der Waals surface area contributed by atoms with E-state index in [0.29, 0.717) is 27.9 Å². The molecular weight excluding hydrogens is 415 g/mol. The summed E-state index contributed by atoms with van der Waals surface area (Å²) in [5.74, 6) is 0.517. The van der Waals surface area contributed by atoms with Crippen molar-refractivity contribution in [2.24, 2.45) is 0 Å². The van der Waals surface area contributed by atoms with Gasteiger partial charge in [0.1, 0.15) is 17.3 Å². The average molecular weight is 439 g/mol. The van der Waals surface area contributed by atoms with Crippen molar-refractivity contribution in [3.63, 3.8) is 0 Å². The van der Waals surface area contributed by atoms with Crippen LogP contribution in [0.5, 0.6) is 0 Å². The Labute approximate surface area is 186 Å². The fourth-order valence-corrected chi connectivity index (χ4v) is 3.84. The van der Waals surface area contributed by atoms with Gasteiger partial charge in [-0.05, 0) is 74.2 Å². The average Bonchev–Trinajstić information content (AvgIpc) is 3.24. The molecule has 0 radical (unpaired) electrons. The largest absolute Gasteiger partial charge is 0.457 e. The number of hydrogen-bond donors (Lipinski definition) is 1. The Kier molecular flexibility index (Phi) is 6.42. The van der Waals surface area contributed by atoms with Crippen LogP contribution in [0.25, 0.3) is 17.4 Å². The number of piperidine rings is 1. The first kappa shape index (κ1) is 21.2. The summed E-state index contributed by atoms with van der Waals surface area (Å²) < 4.78 is 20.3. The molecule has 1 aromatic heterocycles. The van der Waals surface area contributed by atoms with Crippen molar-refractivity contribution in [1.29, 1.82) is 0 Å². The first-order valence-electron chi connectivity index (χ1n) is 10.4. The summed E-state index contributed by atoms with van der Waals surface area (Å²) in [7, 11) is 0. The first-order chi connectivity index (χ1) is 15.0. The zero-order valence-corrected chi connectivity index (χ0v) is 18.1. The lowest BCUT2D eigenvalue weighted by atomic mass is 10.1. The Morgan fingerprint density at radius 3 is 2.65 bits per heavy atom. The van der Waals surface area contributed by atoms with Crippen LogP contribution in [-0.4, -0.2) is 19.0 Å². The Bertz CT molecular complexity index is 1120. The Morgan fingerprint density at radius 2 is 1.90 bits per heavy atom. The second-order valence-electron chi connectivity index (χ2n) is 7.70. The molecule has 1 amide bonds. The highest BCUT2D eigenvalue weighted by Crippen LogP contribution is 2.28. The van der Waals surface area contributed by atoms with Gasteiger partial charge in [0.25, 0.3) is 0 Å². The molecule has 160 valence electrons. The number of halogens is 2. The number of hydrogen-bond acceptors (Lipinski definition) is 3. The van der Waals surface area contributed by atoms with Crippen molar-refractivity contribution in [2.75, 3.05) is 23.3 Å². The molecule has 0 atom stereocenters. The second-order valence-corrected chi connectivity index (χ2v) is 8.11. The normalized spacial score (nSPS) is 14.2. The summed E-state index contributed by atoms with van der Waals surface area (Å²) in [4.78, 5) is 14.3. The molecule has 31 heavy (non-hydrogen) atoms. The van der Waals surface area contributed by atoms with Crippen molar-refractivity contribution < 1.29 is 13.6 Å². The van der Waals surface area contributed by atoms with Crippen molar-refractivity contribution in [1.82, 2.24) is 0 Å². The van der Waals surface area contributed by atoms with Crippen LogP contribution in [0.4, 0.5) is 15.8 Å². The van der Waals surface area contributed by atoms with Crippen LogP contribution in [0.2, 0.25) is 5.02 Å². The molecule has 0 saturated carbocycles. The first-order valence-corrected chi connectivity index (χ1v) is 10.8. The minimum atomic E-state index is -0.360. The number of carbonyl (C=O) groups excluding carboxylic acids is 1. The summed E-state index contributed by atoms with van der Waals surface area (Å²) in [5, 5.41) is 3.36. The number of amides is 1. The smallest absolute Gasteiger partial charge is 0.248 e.